The van der Waals surface area contributed by atoms with Crippen molar-refractivity contribution in [2.45, 2.75) is 11.4 Å². The molecular formula is C24H24N4OS. The summed E-state index contributed by atoms with van der Waals surface area (Å²) in [5.74, 6) is -0.0333. The number of rotatable bonds is 7. The second kappa shape index (κ2) is 9.15. The molecule has 0 aliphatic heterocycles. The second-order valence-corrected chi connectivity index (χ2v) is 7.97. The fourth-order valence-corrected chi connectivity index (χ4v) is 4.07. The van der Waals surface area contributed by atoms with Crippen molar-refractivity contribution in [3.05, 3.63) is 84.7 Å². The summed E-state index contributed by atoms with van der Waals surface area (Å²) in [6, 6.07) is 24.0. The molecule has 0 atom stereocenters. The van der Waals surface area contributed by atoms with Crippen LogP contribution in [0.5, 0.6) is 0 Å². The van der Waals surface area contributed by atoms with Crippen molar-refractivity contribution in [3.63, 3.8) is 0 Å². The Bertz CT molecular complexity index is 1160. The number of imidazole rings is 1. The Morgan fingerprint density at radius 2 is 1.77 bits per heavy atom. The number of hydrogen-bond acceptors (Lipinski definition) is 4. The minimum Gasteiger partial charge on any atom is -0.324 e. The number of carbonyl (C=O) groups excluding carboxylic acids is 1. The molecule has 0 aliphatic carbocycles. The molecule has 2 aromatic heterocycles. The van der Waals surface area contributed by atoms with E-state index in [0.29, 0.717) is 6.54 Å². The standard InChI is InChI=1S/C24H24N4OS/c1-27(17-23(29)25-19-12-6-7-13-21(19)30-2)16-20-24(18-10-4-3-5-11-18)26-22-14-8-9-15-28(20)22/h3-15H,16-17H2,1-2H3,(H,25,29). The number of nitrogens with one attached hydrogen (secondary N) is 1. The summed E-state index contributed by atoms with van der Waals surface area (Å²) in [5.41, 5.74) is 4.84. The first-order valence-electron chi connectivity index (χ1n) is 9.78. The van der Waals surface area contributed by atoms with Gasteiger partial charge < -0.3 is 9.72 Å². The van der Waals surface area contributed by atoms with E-state index in [1.807, 2.05) is 85.1 Å². The second-order valence-electron chi connectivity index (χ2n) is 7.12. The van der Waals surface area contributed by atoms with Gasteiger partial charge in [-0.15, -0.1) is 11.8 Å². The molecule has 5 nitrogen and oxygen atoms in total. The number of anilines is 1. The van der Waals surface area contributed by atoms with Crippen molar-refractivity contribution in [2.75, 3.05) is 25.2 Å². The van der Waals surface area contributed by atoms with Crippen molar-refractivity contribution in [1.82, 2.24) is 14.3 Å². The van der Waals surface area contributed by atoms with E-state index in [2.05, 4.69) is 21.9 Å². The first kappa shape index (κ1) is 20.2. The van der Waals surface area contributed by atoms with Crippen molar-refractivity contribution in [2.24, 2.45) is 0 Å². The minimum absolute atomic E-state index is 0.0333. The van der Waals surface area contributed by atoms with Gasteiger partial charge in [0.1, 0.15) is 5.65 Å². The van der Waals surface area contributed by atoms with E-state index in [0.717, 1.165) is 33.2 Å². The average molecular weight is 417 g/mol. The summed E-state index contributed by atoms with van der Waals surface area (Å²) >= 11 is 1.62. The van der Waals surface area contributed by atoms with E-state index in [1.54, 1.807) is 11.8 Å². The molecule has 30 heavy (non-hydrogen) atoms. The predicted octanol–water partition coefficient (Wildman–Crippen LogP) is 4.79. The van der Waals surface area contributed by atoms with Crippen LogP contribution in [0.15, 0.2) is 83.9 Å². The molecule has 2 aromatic carbocycles. The number of benzene rings is 2. The Kier molecular flexibility index (Phi) is 6.16. The molecule has 1 amide bonds. The highest BCUT2D eigenvalue weighted by Gasteiger charge is 2.17. The SMILES string of the molecule is CSc1ccccc1NC(=O)CN(C)Cc1c(-c2ccccc2)nc2ccccn12. The van der Waals surface area contributed by atoms with Crippen LogP contribution < -0.4 is 5.32 Å². The number of aromatic nitrogens is 2. The maximum Gasteiger partial charge on any atom is 0.238 e. The maximum absolute atomic E-state index is 12.7. The first-order valence-corrected chi connectivity index (χ1v) is 11.0. The highest BCUT2D eigenvalue weighted by molar-refractivity contribution is 7.98. The lowest BCUT2D eigenvalue weighted by atomic mass is 10.1. The van der Waals surface area contributed by atoms with Gasteiger partial charge in [-0.25, -0.2) is 4.98 Å². The summed E-state index contributed by atoms with van der Waals surface area (Å²) < 4.78 is 2.10. The Hall–Kier alpha value is -3.09. The molecule has 0 aliphatic rings. The highest BCUT2D eigenvalue weighted by Crippen LogP contribution is 2.26. The molecule has 152 valence electrons. The zero-order chi connectivity index (χ0) is 20.9. The van der Waals surface area contributed by atoms with Crippen molar-refractivity contribution in [1.29, 1.82) is 0 Å². The third-order valence-corrected chi connectivity index (χ3v) is 5.69. The third kappa shape index (κ3) is 4.40. The van der Waals surface area contributed by atoms with Gasteiger partial charge in [0.2, 0.25) is 5.91 Å². The molecule has 0 fully saturated rings. The highest BCUT2D eigenvalue weighted by atomic mass is 32.2. The number of para-hydroxylation sites is 1. The maximum atomic E-state index is 12.7. The minimum atomic E-state index is -0.0333. The molecule has 4 rings (SSSR count). The molecule has 0 radical (unpaired) electrons. The topological polar surface area (TPSA) is 49.6 Å². The van der Waals surface area contributed by atoms with Crippen LogP contribution in [-0.4, -0.2) is 40.0 Å². The van der Waals surface area contributed by atoms with E-state index >= 15 is 0 Å². The van der Waals surface area contributed by atoms with Gasteiger partial charge in [-0.2, -0.15) is 0 Å². The van der Waals surface area contributed by atoms with Gasteiger partial charge in [0, 0.05) is 23.2 Å². The van der Waals surface area contributed by atoms with Crippen LogP contribution in [0.4, 0.5) is 5.69 Å². The summed E-state index contributed by atoms with van der Waals surface area (Å²) in [4.78, 5) is 20.6. The number of carbonyl (C=O) groups is 1. The van der Waals surface area contributed by atoms with E-state index in [1.165, 1.54) is 0 Å². The van der Waals surface area contributed by atoms with Crippen LogP contribution in [0.2, 0.25) is 0 Å². The van der Waals surface area contributed by atoms with Gasteiger partial charge in [0.15, 0.2) is 0 Å². The summed E-state index contributed by atoms with van der Waals surface area (Å²) in [7, 11) is 1.96. The van der Waals surface area contributed by atoms with Gasteiger partial charge in [-0.05, 0) is 37.6 Å². The Labute approximate surface area is 180 Å². The molecule has 0 saturated heterocycles. The largest absolute Gasteiger partial charge is 0.324 e. The number of pyridine rings is 1. The lowest BCUT2D eigenvalue weighted by Gasteiger charge is -2.18. The molecule has 0 spiro atoms. The number of likely N-dealkylation sites (N-methyl/N-ethyl adjacent to an activating group) is 1. The molecular weight excluding hydrogens is 392 g/mol. The first-order chi connectivity index (χ1) is 14.7. The number of fused-ring (bicyclic) bond motifs is 1. The van der Waals surface area contributed by atoms with Gasteiger partial charge in [0.05, 0.1) is 23.6 Å². The molecule has 2 heterocycles. The number of hydrogen-bond donors (Lipinski definition) is 1. The fourth-order valence-electron chi connectivity index (χ4n) is 3.52. The molecule has 0 unspecified atom stereocenters. The predicted molar refractivity (Wildman–Crippen MR) is 124 cm³/mol. The zero-order valence-electron chi connectivity index (χ0n) is 17.1. The average Bonchev–Trinajstić information content (AvgIpc) is 3.13. The van der Waals surface area contributed by atoms with Gasteiger partial charge in [0.25, 0.3) is 0 Å². The molecule has 0 saturated carbocycles. The normalized spacial score (nSPS) is 11.2. The fraction of sp³-hybridized carbons (Fsp3) is 0.167. The van der Waals surface area contributed by atoms with Crippen LogP contribution in [0.3, 0.4) is 0 Å². The van der Waals surface area contributed by atoms with E-state index in [-0.39, 0.29) is 12.5 Å². The smallest absolute Gasteiger partial charge is 0.238 e. The molecule has 4 aromatic rings. The Balaban J connectivity index is 1.54. The summed E-state index contributed by atoms with van der Waals surface area (Å²) in [6.07, 6.45) is 4.03. The van der Waals surface area contributed by atoms with Crippen LogP contribution >= 0.6 is 11.8 Å². The Morgan fingerprint density at radius 1 is 1.03 bits per heavy atom. The third-order valence-electron chi connectivity index (χ3n) is 4.89. The summed E-state index contributed by atoms with van der Waals surface area (Å²) in [6.45, 7) is 0.893. The van der Waals surface area contributed by atoms with Crippen LogP contribution in [0.25, 0.3) is 16.9 Å². The quantitative estimate of drug-likeness (QED) is 0.440. The number of amides is 1. The molecule has 1 N–H and O–H groups in total. The number of nitrogens with zero attached hydrogens (tertiary/aromatic N) is 3. The molecule has 6 heteroatoms. The number of thioether (sulfide) groups is 1. The molecule has 0 bridgehead atoms. The van der Waals surface area contributed by atoms with Gasteiger partial charge >= 0.3 is 0 Å². The summed E-state index contributed by atoms with van der Waals surface area (Å²) in [5, 5.41) is 3.03. The van der Waals surface area contributed by atoms with Crippen molar-refractivity contribution >= 4 is 29.0 Å². The van der Waals surface area contributed by atoms with Crippen LogP contribution in [-0.2, 0) is 11.3 Å². The Morgan fingerprint density at radius 3 is 2.57 bits per heavy atom. The van der Waals surface area contributed by atoms with Crippen molar-refractivity contribution < 1.29 is 4.79 Å². The zero-order valence-corrected chi connectivity index (χ0v) is 17.9. The van der Waals surface area contributed by atoms with E-state index < -0.39 is 0 Å². The van der Waals surface area contributed by atoms with Crippen molar-refractivity contribution in [3.8, 4) is 11.3 Å². The van der Waals surface area contributed by atoms with E-state index in [9.17, 15) is 4.79 Å². The lowest BCUT2D eigenvalue weighted by Crippen LogP contribution is -2.30. The lowest BCUT2D eigenvalue weighted by molar-refractivity contribution is -0.117. The van der Waals surface area contributed by atoms with Gasteiger partial charge in [-0.1, -0.05) is 48.5 Å². The van der Waals surface area contributed by atoms with Crippen LogP contribution in [0.1, 0.15) is 5.69 Å². The monoisotopic (exact) mass is 416 g/mol. The van der Waals surface area contributed by atoms with Gasteiger partial charge in [-0.3, -0.25) is 9.69 Å². The van der Waals surface area contributed by atoms with E-state index in [4.69, 9.17) is 4.98 Å². The van der Waals surface area contributed by atoms with Crippen LogP contribution in [0, 0.1) is 0 Å².